The van der Waals surface area contributed by atoms with Crippen LogP contribution in [0.2, 0.25) is 0 Å². The molecule has 1 radical (unpaired) electrons. The molecule has 55 valence electrons. The van der Waals surface area contributed by atoms with Gasteiger partial charge in [-0.2, -0.15) is 0 Å². The summed E-state index contributed by atoms with van der Waals surface area (Å²) in [5.74, 6) is 0.705. The largest absolute Gasteiger partial charge is 0.314 e. The molecule has 0 aliphatic carbocycles. The number of rotatable bonds is 5. The fourth-order valence-corrected chi connectivity index (χ4v) is 0.565. The molecule has 0 fully saturated rings. The van der Waals surface area contributed by atoms with Gasteiger partial charge < -0.3 is 5.32 Å². The average molecular weight is 130 g/mol. The Balaban J connectivity index is 2.88. The van der Waals surface area contributed by atoms with Crippen LogP contribution in [0.4, 0.5) is 0 Å². The van der Waals surface area contributed by atoms with Crippen molar-refractivity contribution in [2.45, 2.75) is 20.3 Å². The van der Waals surface area contributed by atoms with Gasteiger partial charge in [-0.25, -0.2) is 5.11 Å². The molecular formula is C7H16NO. The van der Waals surface area contributed by atoms with Crippen LogP contribution >= 0.6 is 0 Å². The van der Waals surface area contributed by atoms with Gasteiger partial charge in [-0.05, 0) is 12.5 Å². The third kappa shape index (κ3) is 5.80. The minimum absolute atomic E-state index is 0.00354. The third-order valence-corrected chi connectivity index (χ3v) is 1.47. The quantitative estimate of drug-likeness (QED) is 0.554. The molecule has 1 unspecified atom stereocenters. The molecule has 0 aromatic carbocycles. The standard InChI is InChI=1S/C7H16NO/c1-3-7(2)6-8-4-5-9/h7-8H,3-6H2,1-2H3. The molecule has 0 spiro atoms. The molecule has 0 aromatic rings. The fraction of sp³-hybridized carbons (Fsp3) is 1.00. The van der Waals surface area contributed by atoms with Crippen LogP contribution in [0.25, 0.3) is 0 Å². The predicted molar refractivity (Wildman–Crippen MR) is 37.9 cm³/mol. The highest BCUT2D eigenvalue weighted by Gasteiger charge is 1.95. The van der Waals surface area contributed by atoms with E-state index in [0.29, 0.717) is 12.5 Å². The Morgan fingerprint density at radius 3 is 2.67 bits per heavy atom. The highest BCUT2D eigenvalue weighted by atomic mass is 16.3. The van der Waals surface area contributed by atoms with Gasteiger partial charge in [0, 0.05) is 6.54 Å². The Morgan fingerprint density at radius 1 is 1.56 bits per heavy atom. The Labute approximate surface area is 57.3 Å². The van der Waals surface area contributed by atoms with E-state index in [2.05, 4.69) is 19.2 Å². The van der Waals surface area contributed by atoms with Crippen molar-refractivity contribution in [3.63, 3.8) is 0 Å². The van der Waals surface area contributed by atoms with Gasteiger partial charge in [0.2, 0.25) is 0 Å². The van der Waals surface area contributed by atoms with E-state index in [0.717, 1.165) is 6.54 Å². The zero-order valence-corrected chi connectivity index (χ0v) is 6.31. The Morgan fingerprint density at radius 2 is 2.22 bits per heavy atom. The summed E-state index contributed by atoms with van der Waals surface area (Å²) in [6, 6.07) is 0. The van der Waals surface area contributed by atoms with E-state index in [1.165, 1.54) is 6.42 Å². The van der Waals surface area contributed by atoms with E-state index in [9.17, 15) is 5.11 Å². The van der Waals surface area contributed by atoms with Crippen LogP contribution in [-0.4, -0.2) is 19.7 Å². The molecule has 0 aromatic heterocycles. The number of nitrogens with one attached hydrogen (secondary N) is 1. The van der Waals surface area contributed by atoms with Crippen LogP contribution in [0.1, 0.15) is 20.3 Å². The molecule has 1 atom stereocenters. The third-order valence-electron chi connectivity index (χ3n) is 1.47. The first-order valence-electron chi connectivity index (χ1n) is 3.60. The zero-order chi connectivity index (χ0) is 7.11. The van der Waals surface area contributed by atoms with E-state index in [1.807, 2.05) is 0 Å². The molecule has 2 heteroatoms. The smallest absolute Gasteiger partial charge is 0.0946 e. The van der Waals surface area contributed by atoms with Crippen molar-refractivity contribution in [3.05, 3.63) is 0 Å². The average Bonchev–Trinajstić information content (AvgIpc) is 1.89. The first-order valence-corrected chi connectivity index (χ1v) is 3.60. The first-order chi connectivity index (χ1) is 4.31. The van der Waals surface area contributed by atoms with Gasteiger partial charge >= 0.3 is 0 Å². The fourth-order valence-electron chi connectivity index (χ4n) is 0.565. The molecule has 0 saturated carbocycles. The van der Waals surface area contributed by atoms with Gasteiger partial charge in [0.05, 0.1) is 6.61 Å². The van der Waals surface area contributed by atoms with Crippen LogP contribution in [0, 0.1) is 5.92 Å². The van der Waals surface area contributed by atoms with Gasteiger partial charge in [0.1, 0.15) is 0 Å². The summed E-state index contributed by atoms with van der Waals surface area (Å²) in [6.45, 7) is 5.93. The summed E-state index contributed by atoms with van der Waals surface area (Å²) in [6.07, 6.45) is 1.19. The summed E-state index contributed by atoms with van der Waals surface area (Å²) in [4.78, 5) is 0. The van der Waals surface area contributed by atoms with Crippen molar-refractivity contribution in [3.8, 4) is 0 Å². The first kappa shape index (κ1) is 8.92. The summed E-state index contributed by atoms with van der Waals surface area (Å²) in [5, 5.41) is 13.0. The van der Waals surface area contributed by atoms with E-state index < -0.39 is 0 Å². The summed E-state index contributed by atoms with van der Waals surface area (Å²) in [7, 11) is 0. The molecule has 0 amide bonds. The lowest BCUT2D eigenvalue weighted by molar-refractivity contribution is 0.192. The van der Waals surface area contributed by atoms with Crippen LogP contribution in [0.5, 0.6) is 0 Å². The monoisotopic (exact) mass is 130 g/mol. The van der Waals surface area contributed by atoms with Crippen molar-refractivity contribution in [2.75, 3.05) is 19.7 Å². The lowest BCUT2D eigenvalue weighted by Crippen LogP contribution is -2.23. The Bertz CT molecular complexity index is 56.9. The van der Waals surface area contributed by atoms with Gasteiger partial charge in [-0.3, -0.25) is 0 Å². The molecule has 0 aliphatic heterocycles. The van der Waals surface area contributed by atoms with Crippen molar-refractivity contribution in [2.24, 2.45) is 5.92 Å². The summed E-state index contributed by atoms with van der Waals surface area (Å²) < 4.78 is 0. The minimum atomic E-state index is -0.00354. The predicted octanol–water partition coefficient (Wildman–Crippen LogP) is 1.05. The molecule has 9 heavy (non-hydrogen) atoms. The number of hydrogen-bond donors (Lipinski definition) is 1. The zero-order valence-electron chi connectivity index (χ0n) is 6.31. The van der Waals surface area contributed by atoms with Gasteiger partial charge in [-0.15, -0.1) is 0 Å². The number of hydrogen-bond acceptors (Lipinski definition) is 1. The highest BCUT2D eigenvalue weighted by Crippen LogP contribution is 1.96. The maximum absolute atomic E-state index is 9.94. The topological polar surface area (TPSA) is 31.9 Å². The lowest BCUT2D eigenvalue weighted by atomic mass is 10.1. The van der Waals surface area contributed by atoms with Crippen molar-refractivity contribution in [1.82, 2.24) is 5.32 Å². The second-order valence-electron chi connectivity index (χ2n) is 2.42. The van der Waals surface area contributed by atoms with Crippen LogP contribution in [0.15, 0.2) is 0 Å². The molecule has 0 aliphatic rings. The lowest BCUT2D eigenvalue weighted by Gasteiger charge is -2.07. The van der Waals surface area contributed by atoms with Crippen LogP contribution < -0.4 is 5.32 Å². The molecule has 1 N–H and O–H groups in total. The molecule has 2 nitrogen and oxygen atoms in total. The van der Waals surface area contributed by atoms with E-state index in [-0.39, 0.29) is 6.61 Å². The van der Waals surface area contributed by atoms with Crippen molar-refractivity contribution in [1.29, 1.82) is 0 Å². The summed E-state index contributed by atoms with van der Waals surface area (Å²) in [5.41, 5.74) is 0. The van der Waals surface area contributed by atoms with Crippen molar-refractivity contribution < 1.29 is 5.11 Å². The van der Waals surface area contributed by atoms with Gasteiger partial charge in [0.25, 0.3) is 0 Å². The minimum Gasteiger partial charge on any atom is -0.314 e. The molecule has 0 saturated heterocycles. The molecule has 0 heterocycles. The Kier molecular flexibility index (Phi) is 5.99. The maximum atomic E-state index is 9.94. The second-order valence-corrected chi connectivity index (χ2v) is 2.42. The molecule has 0 rings (SSSR count). The Hall–Kier alpha value is -0.0800. The summed E-state index contributed by atoms with van der Waals surface area (Å²) >= 11 is 0. The van der Waals surface area contributed by atoms with Gasteiger partial charge in [-0.1, -0.05) is 20.3 Å². The maximum Gasteiger partial charge on any atom is 0.0946 e. The van der Waals surface area contributed by atoms with E-state index in [4.69, 9.17) is 0 Å². The van der Waals surface area contributed by atoms with E-state index >= 15 is 0 Å². The second kappa shape index (κ2) is 6.05. The molecular weight excluding hydrogens is 114 g/mol. The van der Waals surface area contributed by atoms with Crippen molar-refractivity contribution >= 4 is 0 Å². The van der Waals surface area contributed by atoms with Crippen LogP contribution in [0.3, 0.4) is 0 Å². The van der Waals surface area contributed by atoms with E-state index in [1.54, 1.807) is 0 Å². The van der Waals surface area contributed by atoms with Crippen LogP contribution in [-0.2, 0) is 5.11 Å². The van der Waals surface area contributed by atoms with Gasteiger partial charge in [0.15, 0.2) is 0 Å². The molecule has 0 bridgehead atoms. The highest BCUT2D eigenvalue weighted by molar-refractivity contribution is 4.52. The SMILES string of the molecule is CCC(C)CNCC[O]. The normalized spacial score (nSPS) is 13.7.